The first-order valence-electron chi connectivity index (χ1n) is 11.9. The molecule has 3 aromatic rings. The highest BCUT2D eigenvalue weighted by Crippen LogP contribution is 2.21. The van der Waals surface area contributed by atoms with Crippen LogP contribution in [-0.2, 0) is 6.42 Å². The number of hydrogen-bond donors (Lipinski definition) is 0. The lowest BCUT2D eigenvalue weighted by molar-refractivity contribution is 0.0728. The molecule has 0 saturated carbocycles. The molecule has 6 heteroatoms. The van der Waals surface area contributed by atoms with Crippen LogP contribution >= 0.6 is 0 Å². The lowest BCUT2D eigenvalue weighted by atomic mass is 10.1. The van der Waals surface area contributed by atoms with E-state index in [-0.39, 0.29) is 16.9 Å². The van der Waals surface area contributed by atoms with Crippen molar-refractivity contribution in [1.29, 1.82) is 5.26 Å². The van der Waals surface area contributed by atoms with Crippen LogP contribution in [0.3, 0.4) is 0 Å². The van der Waals surface area contributed by atoms with Gasteiger partial charge in [-0.2, -0.15) is 5.26 Å². The Bertz CT molecular complexity index is 1110. The van der Waals surface area contributed by atoms with E-state index >= 15 is 0 Å². The first-order valence-corrected chi connectivity index (χ1v) is 11.9. The van der Waals surface area contributed by atoms with Gasteiger partial charge < -0.3 is 4.74 Å². The Morgan fingerprint density at radius 3 is 2.21 bits per heavy atom. The van der Waals surface area contributed by atoms with Crippen LogP contribution < -0.4 is 4.74 Å². The molecule has 0 N–H and O–H groups in total. The number of hydrogen-bond acceptors (Lipinski definition) is 5. The summed E-state index contributed by atoms with van der Waals surface area (Å²) in [5.41, 5.74) is 2.34. The fraction of sp³-hybridized carbons (Fsp3) is 0.357. The summed E-state index contributed by atoms with van der Waals surface area (Å²) in [6, 6.07) is 12.2. The van der Waals surface area contributed by atoms with Crippen molar-refractivity contribution in [3.8, 4) is 23.2 Å². The Morgan fingerprint density at radius 1 is 0.941 bits per heavy atom. The van der Waals surface area contributed by atoms with Crippen molar-refractivity contribution in [3.63, 3.8) is 0 Å². The quantitative estimate of drug-likeness (QED) is 0.165. The van der Waals surface area contributed by atoms with E-state index < -0.39 is 11.8 Å². The van der Waals surface area contributed by atoms with Crippen molar-refractivity contribution < 1.29 is 13.9 Å². The molecule has 0 bridgehead atoms. The normalized spacial score (nSPS) is 10.6. The number of nitrogens with zero attached hydrogens (tertiary/aromatic N) is 3. The number of carbonyl (C=O) groups is 1. The van der Waals surface area contributed by atoms with Crippen molar-refractivity contribution in [3.05, 3.63) is 77.4 Å². The number of esters is 1. The Balaban J connectivity index is 1.48. The number of aromatic nitrogens is 2. The molecule has 0 amide bonds. The van der Waals surface area contributed by atoms with Gasteiger partial charge in [-0.05, 0) is 48.7 Å². The molecule has 0 unspecified atom stereocenters. The van der Waals surface area contributed by atoms with E-state index in [9.17, 15) is 9.18 Å². The zero-order chi connectivity index (χ0) is 24.2. The largest absolute Gasteiger partial charge is 0.420 e. The van der Waals surface area contributed by atoms with Gasteiger partial charge in [-0.15, -0.1) is 0 Å². The molecule has 0 aliphatic carbocycles. The average Bonchev–Trinajstić information content (AvgIpc) is 2.87. The number of nitriles is 1. The Labute approximate surface area is 200 Å². The molecule has 0 aliphatic heterocycles. The third-order valence-corrected chi connectivity index (χ3v) is 5.67. The molecular formula is C28H30FN3O2. The van der Waals surface area contributed by atoms with E-state index in [2.05, 4.69) is 16.9 Å². The summed E-state index contributed by atoms with van der Waals surface area (Å²) in [5.74, 6) is -1.08. The van der Waals surface area contributed by atoms with Gasteiger partial charge in [0.25, 0.3) is 0 Å². The van der Waals surface area contributed by atoms with Crippen molar-refractivity contribution in [2.75, 3.05) is 0 Å². The second-order valence-electron chi connectivity index (χ2n) is 8.36. The second kappa shape index (κ2) is 13.2. The highest BCUT2D eigenvalue weighted by molar-refractivity contribution is 5.91. The molecule has 0 atom stereocenters. The van der Waals surface area contributed by atoms with Gasteiger partial charge in [-0.25, -0.2) is 19.2 Å². The van der Waals surface area contributed by atoms with E-state index in [0.29, 0.717) is 5.82 Å². The van der Waals surface area contributed by atoms with Crippen LogP contribution in [0.15, 0.2) is 54.9 Å². The Morgan fingerprint density at radius 2 is 1.59 bits per heavy atom. The number of benzene rings is 2. The maximum absolute atomic E-state index is 14.0. The summed E-state index contributed by atoms with van der Waals surface area (Å²) in [7, 11) is 0. The molecule has 0 aliphatic rings. The SMILES string of the molecule is CCCCCCCCCCc1cnc(-c2ccc(C(=O)Oc3ccc(C#N)cc3F)cc2)nc1. The summed E-state index contributed by atoms with van der Waals surface area (Å²) in [6.07, 6.45) is 15.0. The Hall–Kier alpha value is -3.59. The van der Waals surface area contributed by atoms with E-state index in [4.69, 9.17) is 10.00 Å². The number of carbonyl (C=O) groups excluding carboxylic acids is 1. The van der Waals surface area contributed by atoms with Gasteiger partial charge in [0, 0.05) is 18.0 Å². The second-order valence-corrected chi connectivity index (χ2v) is 8.36. The zero-order valence-electron chi connectivity index (χ0n) is 19.6. The molecule has 0 spiro atoms. The molecule has 34 heavy (non-hydrogen) atoms. The number of aryl methyl sites for hydroxylation is 1. The first-order chi connectivity index (χ1) is 16.6. The molecule has 1 aromatic heterocycles. The standard InChI is InChI=1S/C28H30FN3O2/c1-2-3-4-5-6-7-8-9-10-22-19-31-27(32-20-22)23-12-14-24(15-13-23)28(33)34-26-16-11-21(18-30)17-25(26)29/h11-17,19-20H,2-10H2,1H3. The van der Waals surface area contributed by atoms with Crippen LogP contribution in [0, 0.1) is 17.1 Å². The van der Waals surface area contributed by atoms with Crippen molar-refractivity contribution in [2.24, 2.45) is 0 Å². The fourth-order valence-corrected chi connectivity index (χ4v) is 3.66. The maximum atomic E-state index is 14.0. The number of unbranched alkanes of at least 4 members (excludes halogenated alkanes) is 7. The van der Waals surface area contributed by atoms with Crippen LogP contribution in [0.25, 0.3) is 11.4 Å². The van der Waals surface area contributed by atoms with Gasteiger partial charge >= 0.3 is 5.97 Å². The molecule has 0 saturated heterocycles. The van der Waals surface area contributed by atoms with Gasteiger partial charge in [-0.3, -0.25) is 0 Å². The smallest absolute Gasteiger partial charge is 0.343 e. The third-order valence-electron chi connectivity index (χ3n) is 5.67. The number of halogens is 1. The summed E-state index contributed by atoms with van der Waals surface area (Å²) >= 11 is 0. The van der Waals surface area contributed by atoms with Crippen LogP contribution in [0.1, 0.15) is 79.8 Å². The van der Waals surface area contributed by atoms with Crippen LogP contribution in [0.4, 0.5) is 4.39 Å². The minimum absolute atomic E-state index is 0.158. The zero-order valence-corrected chi connectivity index (χ0v) is 19.6. The maximum Gasteiger partial charge on any atom is 0.343 e. The highest BCUT2D eigenvalue weighted by atomic mass is 19.1. The van der Waals surface area contributed by atoms with Crippen LogP contribution in [0.2, 0.25) is 0 Å². The molecule has 0 radical (unpaired) electrons. The molecule has 3 rings (SSSR count). The third kappa shape index (κ3) is 7.48. The van der Waals surface area contributed by atoms with E-state index in [1.807, 2.05) is 18.5 Å². The molecule has 176 valence electrons. The van der Waals surface area contributed by atoms with Gasteiger partial charge in [0.2, 0.25) is 0 Å². The topological polar surface area (TPSA) is 75.9 Å². The lowest BCUT2D eigenvalue weighted by Gasteiger charge is -2.07. The summed E-state index contributed by atoms with van der Waals surface area (Å²) in [6.45, 7) is 2.24. The van der Waals surface area contributed by atoms with Crippen LogP contribution in [-0.4, -0.2) is 15.9 Å². The summed E-state index contributed by atoms with van der Waals surface area (Å²) in [4.78, 5) is 21.3. The van der Waals surface area contributed by atoms with Gasteiger partial charge in [0.1, 0.15) is 0 Å². The molecule has 0 fully saturated rings. The fourth-order valence-electron chi connectivity index (χ4n) is 3.66. The minimum atomic E-state index is -0.760. The minimum Gasteiger partial charge on any atom is -0.420 e. The monoisotopic (exact) mass is 459 g/mol. The first kappa shape index (κ1) is 25.0. The van der Waals surface area contributed by atoms with E-state index in [0.717, 1.165) is 30.0 Å². The molecular weight excluding hydrogens is 429 g/mol. The lowest BCUT2D eigenvalue weighted by Crippen LogP contribution is -2.09. The summed E-state index contributed by atoms with van der Waals surface area (Å²) in [5, 5.41) is 8.80. The van der Waals surface area contributed by atoms with Crippen molar-refractivity contribution >= 4 is 5.97 Å². The number of rotatable bonds is 12. The predicted molar refractivity (Wildman–Crippen MR) is 130 cm³/mol. The van der Waals surface area contributed by atoms with Gasteiger partial charge in [0.05, 0.1) is 17.2 Å². The molecule has 5 nitrogen and oxygen atoms in total. The van der Waals surface area contributed by atoms with E-state index in [1.54, 1.807) is 24.3 Å². The van der Waals surface area contributed by atoms with Gasteiger partial charge in [-0.1, -0.05) is 64.0 Å². The predicted octanol–water partition coefficient (Wildman–Crippen LogP) is 7.06. The summed E-state index contributed by atoms with van der Waals surface area (Å²) < 4.78 is 19.1. The van der Waals surface area contributed by atoms with E-state index in [1.165, 1.54) is 57.1 Å². The average molecular weight is 460 g/mol. The van der Waals surface area contributed by atoms with Crippen LogP contribution in [0.5, 0.6) is 5.75 Å². The number of ether oxygens (including phenoxy) is 1. The van der Waals surface area contributed by atoms with Crippen molar-refractivity contribution in [2.45, 2.75) is 64.7 Å². The van der Waals surface area contributed by atoms with Crippen molar-refractivity contribution in [1.82, 2.24) is 9.97 Å². The van der Waals surface area contributed by atoms with Gasteiger partial charge in [0.15, 0.2) is 17.4 Å². The molecule has 1 heterocycles. The Kier molecular flexibility index (Phi) is 9.72. The highest BCUT2D eigenvalue weighted by Gasteiger charge is 2.13. The molecule has 2 aromatic carbocycles.